The first-order chi connectivity index (χ1) is 16.7. The van der Waals surface area contributed by atoms with Gasteiger partial charge < -0.3 is 29.6 Å². The number of hydrogen-bond donors (Lipinski definition) is 2. The highest BCUT2D eigenvalue weighted by atomic mass is 19.1. The summed E-state index contributed by atoms with van der Waals surface area (Å²) in [4.78, 5) is 12.8. The monoisotopic (exact) mass is 470 g/mol. The van der Waals surface area contributed by atoms with Crippen LogP contribution in [-0.4, -0.2) is 55.7 Å². The summed E-state index contributed by atoms with van der Waals surface area (Å²) >= 11 is 0. The van der Waals surface area contributed by atoms with Crippen molar-refractivity contribution in [1.29, 1.82) is 0 Å². The van der Waals surface area contributed by atoms with E-state index >= 15 is 0 Å². The molecule has 1 aliphatic carbocycles. The average Bonchev–Trinajstić information content (AvgIpc) is 3.44. The molecule has 0 spiro atoms. The number of carbonyl (C=O) groups is 1. The molecular weight excluding hydrogens is 439 g/mol. The number of hydrogen-bond acceptors (Lipinski definition) is 5. The summed E-state index contributed by atoms with van der Waals surface area (Å²) in [5.74, 6) is 0.248. The lowest BCUT2D eigenvalue weighted by Crippen LogP contribution is -2.54. The van der Waals surface area contributed by atoms with Gasteiger partial charge in [-0.2, -0.15) is 0 Å². The van der Waals surface area contributed by atoms with Crippen molar-refractivity contribution < 1.29 is 28.1 Å². The van der Waals surface area contributed by atoms with Gasteiger partial charge in [-0.15, -0.1) is 0 Å². The van der Waals surface area contributed by atoms with E-state index in [1.165, 1.54) is 12.1 Å². The van der Waals surface area contributed by atoms with E-state index in [0.717, 1.165) is 31.2 Å². The summed E-state index contributed by atoms with van der Waals surface area (Å²) in [6.07, 6.45) is 3.11. The van der Waals surface area contributed by atoms with Crippen molar-refractivity contribution in [3.63, 3.8) is 0 Å². The molecule has 2 amide bonds. The number of nitrogens with one attached hydrogen (secondary N) is 2. The van der Waals surface area contributed by atoms with Gasteiger partial charge >= 0.3 is 6.03 Å². The molecule has 0 bridgehead atoms. The first-order valence-electron chi connectivity index (χ1n) is 12.0. The third kappa shape index (κ3) is 5.51. The number of fused-ring (bicyclic) bond motifs is 1. The van der Waals surface area contributed by atoms with E-state index in [-0.39, 0.29) is 48.3 Å². The molecule has 0 radical (unpaired) electrons. The molecule has 8 heteroatoms. The fraction of sp³-hybridized carbons (Fsp3) is 0.500. The van der Waals surface area contributed by atoms with E-state index < -0.39 is 0 Å². The Bertz CT molecular complexity index is 944. The molecule has 2 aliphatic heterocycles. The van der Waals surface area contributed by atoms with Gasteiger partial charge in [0.05, 0.1) is 38.0 Å². The van der Waals surface area contributed by atoms with Gasteiger partial charge in [-0.3, -0.25) is 0 Å². The molecule has 0 unspecified atom stereocenters. The van der Waals surface area contributed by atoms with Crippen LogP contribution in [0.3, 0.4) is 0 Å². The smallest absolute Gasteiger partial charge is 0.315 e. The fourth-order valence-electron chi connectivity index (χ4n) is 4.99. The predicted molar refractivity (Wildman–Crippen MR) is 123 cm³/mol. The summed E-state index contributed by atoms with van der Waals surface area (Å²) in [6, 6.07) is 15.4. The molecule has 7 nitrogen and oxygen atoms in total. The molecular formula is C26H31FN2O5. The van der Waals surface area contributed by atoms with Crippen molar-refractivity contribution in [2.45, 2.75) is 68.8 Å². The van der Waals surface area contributed by atoms with Gasteiger partial charge in [0, 0.05) is 0 Å². The standard InChI is InChI=1S/C26H31FN2O5/c27-18-10-12-19(13-11-18)34-23-16-33-24-21(15-32-25(23)24)29-26(30)28-20-8-4-5-9-22(20)31-14-17-6-2-1-3-7-17/h1-3,6-7,10-13,20-25H,4-5,8-9,14-16H2,(H2,28,29,30)/t20-,21-,22-,23-,24+,25+/m0/s1. The number of benzene rings is 2. The zero-order chi connectivity index (χ0) is 23.3. The molecule has 1 saturated carbocycles. The Hall–Kier alpha value is -2.68. The maximum absolute atomic E-state index is 13.1. The first kappa shape index (κ1) is 23.1. The lowest BCUT2D eigenvalue weighted by molar-refractivity contribution is -0.00294. The Morgan fingerprint density at radius 1 is 0.882 bits per heavy atom. The van der Waals surface area contributed by atoms with Crippen LogP contribution in [0.1, 0.15) is 31.2 Å². The highest BCUT2D eigenvalue weighted by Gasteiger charge is 2.49. The lowest BCUT2D eigenvalue weighted by Gasteiger charge is -2.32. The Morgan fingerprint density at radius 2 is 1.62 bits per heavy atom. The lowest BCUT2D eigenvalue weighted by atomic mass is 9.92. The number of ether oxygens (including phenoxy) is 4. The molecule has 2 aromatic carbocycles. The van der Waals surface area contributed by atoms with Crippen LogP contribution in [0.4, 0.5) is 9.18 Å². The number of amides is 2. The highest BCUT2D eigenvalue weighted by Crippen LogP contribution is 2.30. The van der Waals surface area contributed by atoms with Gasteiger partial charge in [0.15, 0.2) is 6.10 Å². The third-order valence-corrected chi connectivity index (χ3v) is 6.75. The van der Waals surface area contributed by atoms with Crippen molar-refractivity contribution in [1.82, 2.24) is 10.6 Å². The summed E-state index contributed by atoms with van der Waals surface area (Å²) in [7, 11) is 0. The van der Waals surface area contributed by atoms with E-state index in [0.29, 0.717) is 25.6 Å². The number of carbonyl (C=O) groups excluding carboxylic acids is 1. The maximum atomic E-state index is 13.1. The van der Waals surface area contributed by atoms with E-state index in [4.69, 9.17) is 18.9 Å². The van der Waals surface area contributed by atoms with Crippen molar-refractivity contribution in [2.24, 2.45) is 0 Å². The maximum Gasteiger partial charge on any atom is 0.315 e. The molecule has 6 atom stereocenters. The Kier molecular flexibility index (Phi) is 7.27. The Morgan fingerprint density at radius 3 is 2.44 bits per heavy atom. The fourth-order valence-corrected chi connectivity index (χ4v) is 4.99. The van der Waals surface area contributed by atoms with E-state index in [1.54, 1.807) is 12.1 Å². The van der Waals surface area contributed by atoms with Gasteiger partial charge in [-0.05, 0) is 42.7 Å². The summed E-state index contributed by atoms with van der Waals surface area (Å²) < 4.78 is 37.1. The van der Waals surface area contributed by atoms with Crippen LogP contribution in [-0.2, 0) is 20.8 Å². The number of rotatable bonds is 7. The van der Waals surface area contributed by atoms with E-state index in [1.807, 2.05) is 30.3 Å². The van der Waals surface area contributed by atoms with Crippen LogP contribution in [0, 0.1) is 5.82 Å². The van der Waals surface area contributed by atoms with Gasteiger partial charge in [0.25, 0.3) is 0 Å². The van der Waals surface area contributed by atoms with E-state index in [2.05, 4.69) is 10.6 Å². The minimum absolute atomic E-state index is 0.0106. The second kappa shape index (κ2) is 10.7. The molecule has 2 aromatic rings. The van der Waals surface area contributed by atoms with Crippen LogP contribution in [0.25, 0.3) is 0 Å². The molecule has 0 aromatic heterocycles. The molecule has 2 heterocycles. The second-order valence-corrected chi connectivity index (χ2v) is 9.16. The van der Waals surface area contributed by atoms with Crippen LogP contribution < -0.4 is 15.4 Å². The minimum Gasteiger partial charge on any atom is -0.485 e. The van der Waals surface area contributed by atoms with Gasteiger partial charge in [-0.25, -0.2) is 9.18 Å². The number of halogens is 1. The molecule has 34 heavy (non-hydrogen) atoms. The molecule has 182 valence electrons. The summed E-state index contributed by atoms with van der Waals surface area (Å²) in [6.45, 7) is 1.24. The summed E-state index contributed by atoms with van der Waals surface area (Å²) in [5, 5.41) is 6.14. The second-order valence-electron chi connectivity index (χ2n) is 9.16. The molecule has 2 N–H and O–H groups in total. The SMILES string of the molecule is O=C(N[C@H]1CO[C@H]2[C@@H]1OC[C@@H]2Oc1ccc(F)cc1)N[C@H]1CCCC[C@@H]1OCc1ccccc1. The molecule has 2 saturated heterocycles. The van der Waals surface area contributed by atoms with Gasteiger partial charge in [0.1, 0.15) is 23.8 Å². The average molecular weight is 471 g/mol. The predicted octanol–water partition coefficient (Wildman–Crippen LogP) is 3.57. The van der Waals surface area contributed by atoms with E-state index in [9.17, 15) is 9.18 Å². The van der Waals surface area contributed by atoms with Crippen LogP contribution in [0.15, 0.2) is 54.6 Å². The van der Waals surface area contributed by atoms with Crippen LogP contribution in [0.2, 0.25) is 0 Å². The number of urea groups is 1. The van der Waals surface area contributed by atoms with Crippen LogP contribution >= 0.6 is 0 Å². The molecule has 3 fully saturated rings. The Balaban J connectivity index is 1.11. The first-order valence-corrected chi connectivity index (χ1v) is 12.0. The van der Waals surface area contributed by atoms with Crippen molar-refractivity contribution in [3.05, 3.63) is 66.0 Å². The van der Waals surface area contributed by atoms with Crippen molar-refractivity contribution in [3.8, 4) is 5.75 Å². The minimum atomic E-state index is -0.314. The normalized spacial score (nSPS) is 30.5. The Labute approximate surface area is 198 Å². The quantitative estimate of drug-likeness (QED) is 0.647. The third-order valence-electron chi connectivity index (χ3n) is 6.75. The van der Waals surface area contributed by atoms with Crippen LogP contribution in [0.5, 0.6) is 5.75 Å². The van der Waals surface area contributed by atoms with Crippen molar-refractivity contribution >= 4 is 6.03 Å². The molecule has 5 rings (SSSR count). The topological polar surface area (TPSA) is 78.1 Å². The largest absolute Gasteiger partial charge is 0.485 e. The van der Waals surface area contributed by atoms with Gasteiger partial charge in [-0.1, -0.05) is 43.2 Å². The van der Waals surface area contributed by atoms with Crippen molar-refractivity contribution in [2.75, 3.05) is 13.2 Å². The molecule has 3 aliphatic rings. The van der Waals surface area contributed by atoms with Gasteiger partial charge in [0.2, 0.25) is 0 Å². The zero-order valence-corrected chi connectivity index (χ0v) is 19.0. The highest BCUT2D eigenvalue weighted by molar-refractivity contribution is 5.74. The zero-order valence-electron chi connectivity index (χ0n) is 19.0. The summed E-state index contributed by atoms with van der Waals surface area (Å²) in [5.41, 5.74) is 1.13.